The Morgan fingerprint density at radius 3 is 1.56 bits per heavy atom. The summed E-state index contributed by atoms with van der Waals surface area (Å²) in [6, 6.07) is 21.8. The van der Waals surface area contributed by atoms with Crippen LogP contribution in [-0.4, -0.2) is 24.1 Å². The summed E-state index contributed by atoms with van der Waals surface area (Å²) < 4.78 is 7.16. The van der Waals surface area contributed by atoms with Crippen LogP contribution in [0.25, 0.3) is 0 Å². The van der Waals surface area contributed by atoms with Crippen molar-refractivity contribution in [2.45, 2.75) is 54.4 Å². The lowest BCUT2D eigenvalue weighted by atomic mass is 10.2. The second-order valence-electron chi connectivity index (χ2n) is 7.91. The third-order valence-electron chi connectivity index (χ3n) is 5.13. The number of benzene rings is 2. The van der Waals surface area contributed by atoms with E-state index in [0.717, 1.165) is 12.8 Å². The highest BCUT2D eigenvalue weighted by molar-refractivity contribution is 9.12. The molecule has 25 heavy (non-hydrogen) atoms. The maximum atomic E-state index is 7.16. The molecule has 0 radical (unpaired) electrons. The van der Waals surface area contributed by atoms with Crippen molar-refractivity contribution in [1.82, 2.24) is 0 Å². The van der Waals surface area contributed by atoms with Gasteiger partial charge < -0.3 is 4.43 Å². The zero-order valence-corrected chi connectivity index (χ0v) is 19.3. The highest BCUT2D eigenvalue weighted by atomic mass is 79.9. The smallest absolute Gasteiger partial charge is 0.261 e. The van der Waals surface area contributed by atoms with E-state index in [0.29, 0.717) is 9.65 Å². The van der Waals surface area contributed by atoms with Gasteiger partial charge in [-0.25, -0.2) is 0 Å². The monoisotopic (exact) mass is 480 g/mol. The minimum atomic E-state index is -2.42. The molecular weight excluding hydrogens is 456 g/mol. The minimum Gasteiger partial charge on any atom is -0.404 e. The molecule has 3 rings (SSSR count). The lowest BCUT2D eigenvalue weighted by Gasteiger charge is -2.44. The van der Waals surface area contributed by atoms with Crippen molar-refractivity contribution in [2.75, 3.05) is 0 Å². The van der Waals surface area contributed by atoms with E-state index in [2.05, 4.69) is 113 Å². The van der Waals surface area contributed by atoms with Crippen molar-refractivity contribution in [1.29, 1.82) is 0 Å². The van der Waals surface area contributed by atoms with Gasteiger partial charge in [0.25, 0.3) is 8.32 Å². The van der Waals surface area contributed by atoms with E-state index in [-0.39, 0.29) is 11.1 Å². The Kier molecular flexibility index (Phi) is 5.94. The van der Waals surface area contributed by atoms with E-state index in [4.69, 9.17) is 4.43 Å². The molecule has 0 amide bonds. The molecule has 2 aromatic carbocycles. The van der Waals surface area contributed by atoms with Crippen LogP contribution in [0, 0.1) is 0 Å². The molecular formula is C21H26Br2OSi. The summed E-state index contributed by atoms with van der Waals surface area (Å²) in [4.78, 5) is 0.964. The van der Waals surface area contributed by atoms with Gasteiger partial charge in [-0.15, -0.1) is 0 Å². The maximum absolute atomic E-state index is 7.16. The van der Waals surface area contributed by atoms with Crippen LogP contribution in [0.15, 0.2) is 60.7 Å². The van der Waals surface area contributed by atoms with E-state index in [1.54, 1.807) is 0 Å². The fraction of sp³-hybridized carbons (Fsp3) is 0.429. The van der Waals surface area contributed by atoms with Gasteiger partial charge in [0.05, 0.1) is 0 Å². The van der Waals surface area contributed by atoms with Crippen LogP contribution in [0.2, 0.25) is 5.04 Å². The van der Waals surface area contributed by atoms with Crippen LogP contribution >= 0.6 is 31.9 Å². The summed E-state index contributed by atoms with van der Waals surface area (Å²) in [7, 11) is -2.42. The number of hydrogen-bond acceptors (Lipinski definition) is 1. The summed E-state index contributed by atoms with van der Waals surface area (Å²) >= 11 is 7.61. The zero-order chi connectivity index (χ0) is 18.1. The SMILES string of the molecule is CC(C)(C)[Si](OC1CC(Br)C(Br)C1)(c1ccccc1)c1ccccc1. The summed E-state index contributed by atoms with van der Waals surface area (Å²) in [5, 5.41) is 2.76. The molecule has 1 aliphatic carbocycles. The van der Waals surface area contributed by atoms with Crippen molar-refractivity contribution in [3.63, 3.8) is 0 Å². The number of rotatable bonds is 4. The predicted octanol–water partition coefficient (Wildman–Crippen LogP) is 5.25. The Bertz CT molecular complexity index is 635. The molecule has 0 aromatic heterocycles. The van der Waals surface area contributed by atoms with Crippen molar-refractivity contribution in [2.24, 2.45) is 0 Å². The molecule has 1 saturated carbocycles. The molecule has 0 saturated heterocycles. The average Bonchev–Trinajstić information content (AvgIpc) is 2.91. The van der Waals surface area contributed by atoms with Crippen LogP contribution < -0.4 is 10.4 Å². The molecule has 134 valence electrons. The topological polar surface area (TPSA) is 9.23 Å². The summed E-state index contributed by atoms with van der Waals surface area (Å²) in [5.41, 5.74) is 0. The van der Waals surface area contributed by atoms with Crippen LogP contribution in [0.3, 0.4) is 0 Å². The van der Waals surface area contributed by atoms with E-state index < -0.39 is 8.32 Å². The van der Waals surface area contributed by atoms with Gasteiger partial charge in [0.2, 0.25) is 0 Å². The first-order valence-corrected chi connectivity index (χ1v) is 12.7. The molecule has 1 fully saturated rings. The maximum Gasteiger partial charge on any atom is 0.261 e. The molecule has 0 spiro atoms. The fourth-order valence-electron chi connectivity index (χ4n) is 3.93. The van der Waals surface area contributed by atoms with Gasteiger partial charge in [-0.2, -0.15) is 0 Å². The molecule has 0 aliphatic heterocycles. The van der Waals surface area contributed by atoms with Gasteiger partial charge in [-0.05, 0) is 28.3 Å². The van der Waals surface area contributed by atoms with Crippen LogP contribution in [0.5, 0.6) is 0 Å². The standard InChI is InChI=1S/C21H26Br2OSi/c1-21(2,3)25(17-10-6-4-7-11-17,18-12-8-5-9-13-18)24-16-14-19(22)20(23)15-16/h4-13,16,19-20H,14-15H2,1-3H3. The Hall–Kier alpha value is -0.423. The normalized spacial score (nSPS) is 24.4. The second-order valence-corrected chi connectivity index (χ2v) is 14.5. The number of alkyl halides is 2. The highest BCUT2D eigenvalue weighted by Gasteiger charge is 2.52. The van der Waals surface area contributed by atoms with Crippen molar-refractivity contribution < 1.29 is 4.43 Å². The van der Waals surface area contributed by atoms with Crippen molar-refractivity contribution >= 4 is 50.6 Å². The first-order valence-electron chi connectivity index (χ1n) is 8.91. The molecule has 2 atom stereocenters. The summed E-state index contributed by atoms with van der Waals surface area (Å²) in [5.74, 6) is 0. The fourth-order valence-corrected chi connectivity index (χ4v) is 9.90. The molecule has 1 nitrogen and oxygen atoms in total. The van der Waals surface area contributed by atoms with E-state index >= 15 is 0 Å². The van der Waals surface area contributed by atoms with E-state index in [1.165, 1.54) is 10.4 Å². The van der Waals surface area contributed by atoms with Crippen molar-refractivity contribution in [3.05, 3.63) is 60.7 Å². The molecule has 0 bridgehead atoms. The van der Waals surface area contributed by atoms with Gasteiger partial charge in [0.15, 0.2) is 0 Å². The first kappa shape index (κ1) is 19.3. The zero-order valence-electron chi connectivity index (χ0n) is 15.1. The van der Waals surface area contributed by atoms with Crippen molar-refractivity contribution in [3.8, 4) is 0 Å². The largest absolute Gasteiger partial charge is 0.404 e. The Labute approximate surface area is 169 Å². The highest BCUT2D eigenvalue weighted by Crippen LogP contribution is 2.41. The summed E-state index contributed by atoms with van der Waals surface area (Å²) in [6.45, 7) is 7.02. The van der Waals surface area contributed by atoms with Gasteiger partial charge in [-0.1, -0.05) is 113 Å². The molecule has 2 aromatic rings. The minimum absolute atomic E-state index is 0.0436. The molecule has 4 heteroatoms. The second kappa shape index (κ2) is 7.67. The third-order valence-corrected chi connectivity index (χ3v) is 13.0. The average molecular weight is 482 g/mol. The van der Waals surface area contributed by atoms with Gasteiger partial charge >= 0.3 is 0 Å². The van der Waals surface area contributed by atoms with Gasteiger partial charge in [-0.3, -0.25) is 0 Å². The Balaban J connectivity index is 2.12. The number of halogens is 2. The van der Waals surface area contributed by atoms with E-state index in [1.807, 2.05) is 0 Å². The first-order chi connectivity index (χ1) is 11.8. The van der Waals surface area contributed by atoms with Crippen LogP contribution in [0.4, 0.5) is 0 Å². The lowest BCUT2D eigenvalue weighted by Crippen LogP contribution is -2.67. The number of hydrogen-bond donors (Lipinski definition) is 0. The molecule has 2 unspecified atom stereocenters. The summed E-state index contributed by atoms with van der Waals surface area (Å²) in [6.07, 6.45) is 2.39. The van der Waals surface area contributed by atoms with E-state index in [9.17, 15) is 0 Å². The molecule has 1 aliphatic rings. The lowest BCUT2D eigenvalue weighted by molar-refractivity contribution is 0.196. The molecule has 0 heterocycles. The Morgan fingerprint density at radius 2 is 1.20 bits per heavy atom. The predicted molar refractivity (Wildman–Crippen MR) is 117 cm³/mol. The van der Waals surface area contributed by atoms with Crippen LogP contribution in [-0.2, 0) is 4.43 Å². The third kappa shape index (κ3) is 3.82. The molecule has 0 N–H and O–H groups in total. The Morgan fingerprint density at radius 1 is 0.800 bits per heavy atom. The quantitative estimate of drug-likeness (QED) is 0.427. The van der Waals surface area contributed by atoms with Crippen LogP contribution in [0.1, 0.15) is 33.6 Å². The van der Waals surface area contributed by atoms with Gasteiger partial charge in [0, 0.05) is 15.8 Å². The van der Waals surface area contributed by atoms with Gasteiger partial charge in [0.1, 0.15) is 0 Å².